The van der Waals surface area contributed by atoms with Crippen LogP contribution in [0.15, 0.2) is 58.0 Å². The molecule has 0 spiro atoms. The van der Waals surface area contributed by atoms with E-state index in [4.69, 9.17) is 4.42 Å². The van der Waals surface area contributed by atoms with Crippen molar-refractivity contribution >= 4 is 9.84 Å². The van der Waals surface area contributed by atoms with Gasteiger partial charge in [0.25, 0.3) is 11.8 Å². The zero-order chi connectivity index (χ0) is 24.5. The molecular weight excluding hydrogens is 457 g/mol. The van der Waals surface area contributed by atoms with Gasteiger partial charge in [0.15, 0.2) is 9.84 Å². The number of aromatic nitrogens is 4. The molecule has 4 rings (SSSR count). The SMILES string of the molecule is CNCc1ccc(-c2nnc(-c3nc(-c4ccc(S(=O)(=O)C(C)C)cc4)cnc3C)o2)c(F)c1. The fraction of sp³-hybridized carbons (Fsp3) is 0.250. The predicted molar refractivity (Wildman–Crippen MR) is 126 cm³/mol. The van der Waals surface area contributed by atoms with Crippen LogP contribution in [0.3, 0.4) is 0 Å². The van der Waals surface area contributed by atoms with Crippen molar-refractivity contribution in [3.63, 3.8) is 0 Å². The van der Waals surface area contributed by atoms with E-state index in [1.165, 1.54) is 6.07 Å². The molecule has 0 radical (unpaired) electrons. The number of hydrogen-bond acceptors (Lipinski definition) is 8. The van der Waals surface area contributed by atoms with Gasteiger partial charge in [-0.3, -0.25) is 4.98 Å². The van der Waals surface area contributed by atoms with Crippen molar-refractivity contribution < 1.29 is 17.2 Å². The molecule has 176 valence electrons. The average molecular weight is 482 g/mol. The Morgan fingerprint density at radius 2 is 1.76 bits per heavy atom. The first-order valence-corrected chi connectivity index (χ1v) is 12.2. The Labute approximate surface area is 197 Å². The van der Waals surface area contributed by atoms with Gasteiger partial charge < -0.3 is 9.73 Å². The predicted octanol–water partition coefficient (Wildman–Crippen LogP) is 4.21. The monoisotopic (exact) mass is 481 g/mol. The van der Waals surface area contributed by atoms with E-state index in [2.05, 4.69) is 25.5 Å². The minimum absolute atomic E-state index is 0.0401. The largest absolute Gasteiger partial charge is 0.414 e. The minimum Gasteiger partial charge on any atom is -0.414 e. The molecule has 0 amide bonds. The van der Waals surface area contributed by atoms with Gasteiger partial charge in [-0.15, -0.1) is 10.2 Å². The summed E-state index contributed by atoms with van der Waals surface area (Å²) < 4.78 is 45.1. The molecule has 2 aromatic carbocycles. The van der Waals surface area contributed by atoms with Crippen LogP contribution in [0.1, 0.15) is 25.1 Å². The van der Waals surface area contributed by atoms with Gasteiger partial charge in [0.05, 0.1) is 33.3 Å². The van der Waals surface area contributed by atoms with Gasteiger partial charge in [-0.2, -0.15) is 0 Å². The van der Waals surface area contributed by atoms with E-state index in [1.807, 2.05) is 0 Å². The van der Waals surface area contributed by atoms with Crippen molar-refractivity contribution in [1.29, 1.82) is 0 Å². The molecule has 10 heteroatoms. The van der Waals surface area contributed by atoms with E-state index >= 15 is 0 Å². The van der Waals surface area contributed by atoms with Gasteiger partial charge >= 0.3 is 0 Å². The highest BCUT2D eigenvalue weighted by Gasteiger charge is 2.20. The highest BCUT2D eigenvalue weighted by atomic mass is 32.2. The molecule has 0 aliphatic carbocycles. The molecule has 2 heterocycles. The van der Waals surface area contributed by atoms with Gasteiger partial charge in [-0.1, -0.05) is 18.2 Å². The van der Waals surface area contributed by atoms with Crippen molar-refractivity contribution in [1.82, 2.24) is 25.5 Å². The molecule has 0 aliphatic heterocycles. The van der Waals surface area contributed by atoms with Crippen LogP contribution in [-0.4, -0.2) is 40.9 Å². The second kappa shape index (κ2) is 9.40. The number of nitrogens with one attached hydrogen (secondary N) is 1. The molecule has 0 saturated heterocycles. The van der Waals surface area contributed by atoms with Crippen LogP contribution < -0.4 is 5.32 Å². The smallest absolute Gasteiger partial charge is 0.268 e. The lowest BCUT2D eigenvalue weighted by Gasteiger charge is -2.09. The second-order valence-electron chi connectivity index (χ2n) is 8.06. The molecule has 8 nitrogen and oxygen atoms in total. The number of benzene rings is 2. The molecule has 0 aliphatic rings. The summed E-state index contributed by atoms with van der Waals surface area (Å²) in [4.78, 5) is 9.22. The van der Waals surface area contributed by atoms with Crippen LogP contribution in [0.4, 0.5) is 4.39 Å². The summed E-state index contributed by atoms with van der Waals surface area (Å²) in [5, 5.41) is 10.5. The van der Waals surface area contributed by atoms with Gasteiger partial charge in [0, 0.05) is 12.1 Å². The van der Waals surface area contributed by atoms with Crippen molar-refractivity contribution in [3.05, 3.63) is 65.7 Å². The topological polar surface area (TPSA) is 111 Å². The van der Waals surface area contributed by atoms with Crippen LogP contribution >= 0.6 is 0 Å². The van der Waals surface area contributed by atoms with Crippen molar-refractivity contribution in [2.75, 3.05) is 7.05 Å². The average Bonchev–Trinajstić information content (AvgIpc) is 3.29. The summed E-state index contributed by atoms with van der Waals surface area (Å²) in [5.74, 6) is -0.311. The maximum absolute atomic E-state index is 14.6. The number of aryl methyl sites for hydroxylation is 1. The van der Waals surface area contributed by atoms with Crippen LogP contribution in [0.5, 0.6) is 0 Å². The van der Waals surface area contributed by atoms with Crippen molar-refractivity contribution in [2.24, 2.45) is 0 Å². The first-order chi connectivity index (χ1) is 16.2. The van der Waals surface area contributed by atoms with Crippen molar-refractivity contribution in [3.8, 4) is 34.3 Å². The Hall–Kier alpha value is -3.50. The molecular formula is C24H24FN5O3S. The summed E-state index contributed by atoms with van der Waals surface area (Å²) in [7, 11) is -1.58. The zero-order valence-electron chi connectivity index (χ0n) is 19.2. The van der Waals surface area contributed by atoms with E-state index in [0.717, 1.165) is 5.56 Å². The molecule has 0 saturated carbocycles. The van der Waals surface area contributed by atoms with E-state index < -0.39 is 20.9 Å². The Morgan fingerprint density at radius 1 is 1.06 bits per heavy atom. The number of nitrogens with zero attached hydrogens (tertiary/aromatic N) is 4. The molecule has 34 heavy (non-hydrogen) atoms. The van der Waals surface area contributed by atoms with Crippen LogP contribution in [0, 0.1) is 12.7 Å². The maximum Gasteiger partial charge on any atom is 0.268 e. The lowest BCUT2D eigenvalue weighted by atomic mass is 10.1. The van der Waals surface area contributed by atoms with E-state index in [9.17, 15) is 12.8 Å². The Kier molecular flexibility index (Phi) is 6.54. The summed E-state index contributed by atoms with van der Waals surface area (Å²) in [5.41, 5.74) is 3.11. The van der Waals surface area contributed by atoms with Crippen LogP contribution in [0.25, 0.3) is 34.3 Å². The molecule has 4 aromatic rings. The highest BCUT2D eigenvalue weighted by Crippen LogP contribution is 2.29. The van der Waals surface area contributed by atoms with Gasteiger partial charge in [-0.25, -0.2) is 17.8 Å². The molecule has 0 atom stereocenters. The summed E-state index contributed by atoms with van der Waals surface area (Å²) in [6.07, 6.45) is 1.59. The number of halogens is 1. The summed E-state index contributed by atoms with van der Waals surface area (Å²) >= 11 is 0. The first-order valence-electron chi connectivity index (χ1n) is 10.7. The van der Waals surface area contributed by atoms with E-state index in [1.54, 1.807) is 70.4 Å². The Bertz CT molecular complexity index is 1430. The molecule has 0 fully saturated rings. The third-order valence-corrected chi connectivity index (χ3v) is 7.50. The Balaban J connectivity index is 1.66. The quantitative estimate of drug-likeness (QED) is 0.418. The van der Waals surface area contributed by atoms with Crippen LogP contribution in [-0.2, 0) is 16.4 Å². The summed E-state index contributed by atoms with van der Waals surface area (Å²) in [6.45, 7) is 5.57. The highest BCUT2D eigenvalue weighted by molar-refractivity contribution is 7.92. The van der Waals surface area contributed by atoms with E-state index in [-0.39, 0.29) is 22.2 Å². The Morgan fingerprint density at radius 3 is 2.41 bits per heavy atom. The fourth-order valence-corrected chi connectivity index (χ4v) is 4.41. The third kappa shape index (κ3) is 4.59. The third-order valence-electron chi connectivity index (χ3n) is 5.33. The molecule has 2 aromatic heterocycles. The van der Waals surface area contributed by atoms with Crippen molar-refractivity contribution in [2.45, 2.75) is 37.5 Å². The standard InChI is InChI=1S/C24H24FN5O3S/c1-14(2)34(31,32)18-8-6-17(7-9-18)21-13-27-15(3)22(28-21)24-30-29-23(33-24)19-10-5-16(12-26-4)11-20(19)25/h5-11,13-14,26H,12H2,1-4H3. The van der Waals surface area contributed by atoms with E-state index in [0.29, 0.717) is 29.2 Å². The molecule has 0 unspecified atom stereocenters. The minimum atomic E-state index is -3.37. The normalized spacial score (nSPS) is 11.8. The number of sulfone groups is 1. The zero-order valence-corrected chi connectivity index (χ0v) is 20.0. The number of hydrogen-bond donors (Lipinski definition) is 1. The van der Waals surface area contributed by atoms with Gasteiger partial charge in [0.1, 0.15) is 11.5 Å². The first kappa shape index (κ1) is 23.7. The maximum atomic E-state index is 14.6. The molecule has 0 bridgehead atoms. The number of rotatable bonds is 7. The lowest BCUT2D eigenvalue weighted by molar-refractivity contribution is 0.567. The van der Waals surface area contributed by atoms with Crippen LogP contribution in [0.2, 0.25) is 0 Å². The molecule has 1 N–H and O–H groups in total. The fourth-order valence-electron chi connectivity index (χ4n) is 3.35. The summed E-state index contributed by atoms with van der Waals surface area (Å²) in [6, 6.07) is 11.3. The second-order valence-corrected chi connectivity index (χ2v) is 10.6. The van der Waals surface area contributed by atoms with Gasteiger partial charge in [-0.05, 0) is 57.6 Å². The van der Waals surface area contributed by atoms with Gasteiger partial charge in [0.2, 0.25) is 0 Å². The lowest BCUT2D eigenvalue weighted by Crippen LogP contribution is -2.13.